The van der Waals surface area contributed by atoms with Gasteiger partial charge in [0.15, 0.2) is 0 Å². The summed E-state index contributed by atoms with van der Waals surface area (Å²) in [5.41, 5.74) is 5.65. The summed E-state index contributed by atoms with van der Waals surface area (Å²) in [4.78, 5) is 11.6. The number of anilines is 1. The molecule has 0 heterocycles. The summed E-state index contributed by atoms with van der Waals surface area (Å²) in [6, 6.07) is 1.65. The number of carbonyl (C=O) groups excluding carboxylic acids is 1. The van der Waals surface area contributed by atoms with Gasteiger partial charge < -0.3 is 11.1 Å². The van der Waals surface area contributed by atoms with Crippen molar-refractivity contribution < 1.29 is 13.6 Å². The van der Waals surface area contributed by atoms with E-state index in [4.69, 9.17) is 5.73 Å². The van der Waals surface area contributed by atoms with Crippen molar-refractivity contribution >= 4 is 27.5 Å². The van der Waals surface area contributed by atoms with Crippen LogP contribution in [0.4, 0.5) is 14.5 Å². The average Bonchev–Trinajstić information content (AvgIpc) is 2.26. The molecule has 0 aliphatic rings. The molecule has 1 rings (SSSR count). The van der Waals surface area contributed by atoms with Gasteiger partial charge in [0.05, 0.1) is 10.2 Å². The monoisotopic (exact) mass is 320 g/mol. The molecule has 0 fully saturated rings. The van der Waals surface area contributed by atoms with Crippen LogP contribution in [0.15, 0.2) is 16.6 Å². The third-order valence-corrected chi connectivity index (χ3v) is 3.00. The minimum Gasteiger partial charge on any atom is -0.327 e. The van der Waals surface area contributed by atoms with Crippen molar-refractivity contribution in [2.24, 2.45) is 5.73 Å². The number of hydrogen-bond acceptors (Lipinski definition) is 2. The highest BCUT2D eigenvalue weighted by Gasteiger charge is 2.13. The van der Waals surface area contributed by atoms with E-state index in [0.717, 1.165) is 12.8 Å². The van der Waals surface area contributed by atoms with E-state index in [1.807, 2.05) is 6.92 Å². The SMILES string of the molecule is CCCC(N)CC(=O)Nc1cc(Br)c(F)cc1F. The average molecular weight is 321 g/mol. The second-order valence-electron chi connectivity index (χ2n) is 4.05. The number of nitrogens with two attached hydrogens (primary N) is 1. The summed E-state index contributed by atoms with van der Waals surface area (Å²) in [6.45, 7) is 1.97. The Bertz CT molecular complexity index is 440. The quantitative estimate of drug-likeness (QED) is 0.819. The number of amides is 1. The van der Waals surface area contributed by atoms with E-state index in [0.29, 0.717) is 6.07 Å². The normalized spacial score (nSPS) is 12.3. The highest BCUT2D eigenvalue weighted by molar-refractivity contribution is 9.10. The number of nitrogens with one attached hydrogen (secondary N) is 1. The zero-order chi connectivity index (χ0) is 13.7. The highest BCUT2D eigenvalue weighted by atomic mass is 79.9. The fraction of sp³-hybridized carbons (Fsp3) is 0.417. The van der Waals surface area contributed by atoms with Gasteiger partial charge in [0.1, 0.15) is 11.6 Å². The molecule has 0 saturated carbocycles. The number of rotatable bonds is 5. The summed E-state index contributed by atoms with van der Waals surface area (Å²) in [7, 11) is 0. The van der Waals surface area contributed by atoms with Gasteiger partial charge in [0, 0.05) is 18.5 Å². The van der Waals surface area contributed by atoms with Crippen LogP contribution < -0.4 is 11.1 Å². The first-order valence-corrected chi connectivity index (χ1v) is 6.43. The van der Waals surface area contributed by atoms with Crippen LogP contribution in [-0.4, -0.2) is 11.9 Å². The van der Waals surface area contributed by atoms with Crippen molar-refractivity contribution in [1.29, 1.82) is 0 Å². The fourth-order valence-corrected chi connectivity index (χ4v) is 1.87. The third-order valence-electron chi connectivity index (χ3n) is 2.39. The van der Waals surface area contributed by atoms with Crippen molar-refractivity contribution in [2.75, 3.05) is 5.32 Å². The summed E-state index contributed by atoms with van der Waals surface area (Å²) in [6.07, 6.45) is 1.72. The van der Waals surface area contributed by atoms with Gasteiger partial charge in [-0.15, -0.1) is 0 Å². The lowest BCUT2D eigenvalue weighted by Crippen LogP contribution is -2.27. The van der Waals surface area contributed by atoms with E-state index >= 15 is 0 Å². The maximum atomic E-state index is 13.4. The molecule has 1 atom stereocenters. The van der Waals surface area contributed by atoms with Crippen LogP contribution in [0.1, 0.15) is 26.2 Å². The Balaban J connectivity index is 2.67. The summed E-state index contributed by atoms with van der Waals surface area (Å²) in [5.74, 6) is -1.91. The molecule has 0 saturated heterocycles. The highest BCUT2D eigenvalue weighted by Crippen LogP contribution is 2.23. The number of halogens is 3. The van der Waals surface area contributed by atoms with E-state index < -0.39 is 11.6 Å². The molecule has 1 unspecified atom stereocenters. The molecular formula is C12H15BrF2N2O. The Hall–Kier alpha value is -1.01. The second kappa shape index (κ2) is 6.80. The van der Waals surface area contributed by atoms with Crippen LogP contribution in [0.2, 0.25) is 0 Å². The molecule has 0 aliphatic heterocycles. The van der Waals surface area contributed by atoms with Crippen LogP contribution in [0, 0.1) is 11.6 Å². The standard InChI is InChI=1S/C12H15BrF2N2O/c1-2-3-7(16)4-12(18)17-11-5-8(13)9(14)6-10(11)15/h5-7H,2-4,16H2,1H3,(H,17,18). The molecule has 18 heavy (non-hydrogen) atoms. The van der Waals surface area contributed by atoms with Gasteiger partial charge in [-0.3, -0.25) is 4.79 Å². The minimum atomic E-state index is -0.812. The first kappa shape index (κ1) is 15.0. The summed E-state index contributed by atoms with van der Waals surface area (Å²) in [5, 5.41) is 2.38. The van der Waals surface area contributed by atoms with Gasteiger partial charge in [0.25, 0.3) is 0 Å². The lowest BCUT2D eigenvalue weighted by molar-refractivity contribution is -0.116. The molecule has 0 radical (unpaired) electrons. The Kier molecular flexibility index (Phi) is 5.68. The second-order valence-corrected chi connectivity index (χ2v) is 4.90. The maximum Gasteiger partial charge on any atom is 0.226 e. The largest absolute Gasteiger partial charge is 0.327 e. The van der Waals surface area contributed by atoms with Crippen LogP contribution in [0.25, 0.3) is 0 Å². The summed E-state index contributed by atoms with van der Waals surface area (Å²) >= 11 is 2.93. The molecule has 3 N–H and O–H groups in total. The first-order valence-electron chi connectivity index (χ1n) is 5.64. The van der Waals surface area contributed by atoms with Crippen molar-refractivity contribution in [2.45, 2.75) is 32.2 Å². The predicted octanol–water partition coefficient (Wildman–Crippen LogP) is 3.18. The Morgan fingerprint density at radius 1 is 1.44 bits per heavy atom. The smallest absolute Gasteiger partial charge is 0.226 e. The number of carbonyl (C=O) groups is 1. The van der Waals surface area contributed by atoms with E-state index in [1.54, 1.807) is 0 Å². The van der Waals surface area contributed by atoms with Gasteiger partial charge in [-0.1, -0.05) is 13.3 Å². The topological polar surface area (TPSA) is 55.1 Å². The van der Waals surface area contributed by atoms with E-state index in [-0.39, 0.29) is 28.5 Å². The lowest BCUT2D eigenvalue weighted by atomic mass is 10.1. The Labute approximate surface area is 113 Å². The van der Waals surface area contributed by atoms with E-state index in [1.165, 1.54) is 6.07 Å². The third kappa shape index (κ3) is 4.34. The van der Waals surface area contributed by atoms with Gasteiger partial charge in [-0.25, -0.2) is 8.78 Å². The van der Waals surface area contributed by atoms with Crippen LogP contribution in [0.5, 0.6) is 0 Å². The Morgan fingerprint density at radius 3 is 2.72 bits per heavy atom. The minimum absolute atomic E-state index is 0.0584. The van der Waals surface area contributed by atoms with E-state index in [2.05, 4.69) is 21.2 Å². The molecule has 6 heteroatoms. The molecule has 3 nitrogen and oxygen atoms in total. The van der Waals surface area contributed by atoms with Gasteiger partial charge >= 0.3 is 0 Å². The Morgan fingerprint density at radius 2 is 2.11 bits per heavy atom. The van der Waals surface area contributed by atoms with Gasteiger partial charge in [-0.05, 0) is 28.4 Å². The number of benzene rings is 1. The maximum absolute atomic E-state index is 13.4. The van der Waals surface area contributed by atoms with Gasteiger partial charge in [-0.2, -0.15) is 0 Å². The zero-order valence-corrected chi connectivity index (χ0v) is 11.6. The van der Waals surface area contributed by atoms with Crippen LogP contribution in [-0.2, 0) is 4.79 Å². The van der Waals surface area contributed by atoms with Crippen molar-refractivity contribution in [3.05, 3.63) is 28.2 Å². The molecule has 1 aromatic carbocycles. The molecular weight excluding hydrogens is 306 g/mol. The van der Waals surface area contributed by atoms with Crippen molar-refractivity contribution in [3.8, 4) is 0 Å². The molecule has 0 bridgehead atoms. The van der Waals surface area contributed by atoms with E-state index in [9.17, 15) is 13.6 Å². The van der Waals surface area contributed by atoms with Crippen LogP contribution >= 0.6 is 15.9 Å². The molecule has 0 aromatic heterocycles. The summed E-state index contributed by atoms with van der Waals surface area (Å²) < 4.78 is 26.5. The van der Waals surface area contributed by atoms with Gasteiger partial charge in [0.2, 0.25) is 5.91 Å². The predicted molar refractivity (Wildman–Crippen MR) is 70.2 cm³/mol. The molecule has 0 aliphatic carbocycles. The van der Waals surface area contributed by atoms with Crippen molar-refractivity contribution in [1.82, 2.24) is 0 Å². The molecule has 0 spiro atoms. The fourth-order valence-electron chi connectivity index (χ4n) is 1.53. The van der Waals surface area contributed by atoms with Crippen LogP contribution in [0.3, 0.4) is 0 Å². The zero-order valence-electron chi connectivity index (χ0n) is 9.97. The first-order chi connectivity index (χ1) is 8.43. The number of hydrogen-bond donors (Lipinski definition) is 2. The molecule has 1 amide bonds. The molecule has 100 valence electrons. The van der Waals surface area contributed by atoms with Crippen molar-refractivity contribution in [3.63, 3.8) is 0 Å². The lowest BCUT2D eigenvalue weighted by Gasteiger charge is -2.11. The molecule has 1 aromatic rings.